The van der Waals surface area contributed by atoms with Crippen molar-refractivity contribution in [3.8, 4) is 0 Å². The third-order valence-corrected chi connectivity index (χ3v) is 4.23. The van der Waals surface area contributed by atoms with E-state index >= 15 is 0 Å². The molecule has 0 aromatic heterocycles. The standard InChI is InChI=1S/C13H12BrNO2S/c1-10(14)9-15-18(16,17)13-8-4-6-11-5-2-3-7-12(11)13/h2-8,15H,1,9H2. The summed E-state index contributed by atoms with van der Waals surface area (Å²) in [6.07, 6.45) is 0. The van der Waals surface area contributed by atoms with E-state index in [0.717, 1.165) is 5.39 Å². The van der Waals surface area contributed by atoms with Crippen molar-refractivity contribution in [2.45, 2.75) is 4.90 Å². The Morgan fingerprint density at radius 3 is 2.56 bits per heavy atom. The molecule has 0 aliphatic rings. The van der Waals surface area contributed by atoms with Gasteiger partial charge in [0.25, 0.3) is 0 Å². The molecule has 94 valence electrons. The second kappa shape index (κ2) is 5.22. The van der Waals surface area contributed by atoms with Crippen LogP contribution < -0.4 is 4.72 Å². The molecular weight excluding hydrogens is 314 g/mol. The Balaban J connectivity index is 2.50. The fraction of sp³-hybridized carbons (Fsp3) is 0.0769. The summed E-state index contributed by atoms with van der Waals surface area (Å²) in [7, 11) is -3.52. The van der Waals surface area contributed by atoms with Gasteiger partial charge in [0.15, 0.2) is 0 Å². The van der Waals surface area contributed by atoms with Gasteiger partial charge >= 0.3 is 0 Å². The van der Waals surface area contributed by atoms with Crippen LogP contribution in [0.1, 0.15) is 0 Å². The maximum atomic E-state index is 12.2. The molecule has 0 aliphatic heterocycles. The van der Waals surface area contributed by atoms with Crippen LogP contribution in [0.25, 0.3) is 10.8 Å². The molecule has 0 saturated carbocycles. The molecule has 2 aromatic carbocycles. The maximum Gasteiger partial charge on any atom is 0.241 e. The molecule has 0 atom stereocenters. The molecule has 2 rings (SSSR count). The van der Waals surface area contributed by atoms with E-state index in [4.69, 9.17) is 0 Å². The Hall–Kier alpha value is -1.17. The molecule has 0 unspecified atom stereocenters. The molecule has 2 aromatic rings. The summed E-state index contributed by atoms with van der Waals surface area (Å²) in [5, 5.41) is 1.62. The van der Waals surface area contributed by atoms with Crippen molar-refractivity contribution in [2.24, 2.45) is 0 Å². The number of benzene rings is 2. The summed E-state index contributed by atoms with van der Waals surface area (Å²) < 4.78 is 27.4. The zero-order valence-electron chi connectivity index (χ0n) is 9.56. The molecule has 5 heteroatoms. The van der Waals surface area contributed by atoms with Crippen LogP contribution in [0.15, 0.2) is 58.4 Å². The van der Waals surface area contributed by atoms with Gasteiger partial charge in [0.2, 0.25) is 10.0 Å². The van der Waals surface area contributed by atoms with Crippen LogP contribution in [-0.4, -0.2) is 15.0 Å². The molecule has 0 amide bonds. The Kier molecular flexibility index (Phi) is 3.85. The summed E-state index contributed by atoms with van der Waals surface area (Å²) in [4.78, 5) is 0.286. The third-order valence-electron chi connectivity index (χ3n) is 2.49. The van der Waals surface area contributed by atoms with Crippen LogP contribution in [0.3, 0.4) is 0 Å². The summed E-state index contributed by atoms with van der Waals surface area (Å²) >= 11 is 3.13. The molecule has 3 nitrogen and oxygen atoms in total. The quantitative estimate of drug-likeness (QED) is 0.939. The highest BCUT2D eigenvalue weighted by atomic mass is 79.9. The largest absolute Gasteiger partial charge is 0.241 e. The first-order valence-corrected chi connectivity index (χ1v) is 7.59. The molecule has 0 spiro atoms. The Bertz CT molecular complexity index is 690. The van der Waals surface area contributed by atoms with Gasteiger partial charge < -0.3 is 0 Å². The van der Waals surface area contributed by atoms with Crippen molar-refractivity contribution >= 4 is 36.7 Å². The van der Waals surface area contributed by atoms with E-state index in [1.54, 1.807) is 18.2 Å². The van der Waals surface area contributed by atoms with Gasteiger partial charge in [-0.1, -0.05) is 58.9 Å². The Morgan fingerprint density at radius 2 is 1.83 bits per heavy atom. The zero-order valence-corrected chi connectivity index (χ0v) is 12.0. The average molecular weight is 326 g/mol. The van der Waals surface area contributed by atoms with E-state index in [0.29, 0.717) is 9.87 Å². The number of rotatable bonds is 4. The first kappa shape index (κ1) is 13.3. The van der Waals surface area contributed by atoms with Crippen molar-refractivity contribution in [2.75, 3.05) is 6.54 Å². The molecule has 0 aliphatic carbocycles. The molecule has 0 radical (unpaired) electrons. The van der Waals surface area contributed by atoms with Gasteiger partial charge in [0, 0.05) is 16.4 Å². The van der Waals surface area contributed by atoms with Gasteiger partial charge in [0.05, 0.1) is 4.90 Å². The van der Waals surface area contributed by atoms with Crippen molar-refractivity contribution < 1.29 is 8.42 Å². The van der Waals surface area contributed by atoms with E-state index in [2.05, 4.69) is 27.2 Å². The third kappa shape index (κ3) is 2.80. The van der Waals surface area contributed by atoms with E-state index in [1.165, 1.54) is 0 Å². The highest BCUT2D eigenvalue weighted by Crippen LogP contribution is 2.22. The Labute approximate surface area is 115 Å². The highest BCUT2D eigenvalue weighted by molar-refractivity contribution is 9.11. The normalized spacial score (nSPS) is 11.6. The number of hydrogen-bond acceptors (Lipinski definition) is 2. The van der Waals surface area contributed by atoms with Gasteiger partial charge in [0.1, 0.15) is 0 Å². The predicted molar refractivity (Wildman–Crippen MR) is 77.2 cm³/mol. The Morgan fingerprint density at radius 1 is 1.17 bits per heavy atom. The average Bonchev–Trinajstić information content (AvgIpc) is 2.36. The van der Waals surface area contributed by atoms with Gasteiger partial charge in [-0.3, -0.25) is 0 Å². The van der Waals surface area contributed by atoms with Crippen LogP contribution in [0.2, 0.25) is 0 Å². The molecule has 0 heterocycles. The number of sulfonamides is 1. The first-order valence-electron chi connectivity index (χ1n) is 5.31. The van der Waals surface area contributed by atoms with Crippen molar-refractivity contribution in [3.63, 3.8) is 0 Å². The summed E-state index contributed by atoms with van der Waals surface area (Å²) in [6.45, 7) is 3.78. The smallest absolute Gasteiger partial charge is 0.207 e. The van der Waals surface area contributed by atoms with Gasteiger partial charge in [-0.25, -0.2) is 13.1 Å². The number of hydrogen-bond donors (Lipinski definition) is 1. The lowest BCUT2D eigenvalue weighted by molar-refractivity contribution is 0.586. The lowest BCUT2D eigenvalue weighted by atomic mass is 10.1. The van der Waals surface area contributed by atoms with E-state index in [1.807, 2.05) is 24.3 Å². The van der Waals surface area contributed by atoms with Crippen LogP contribution >= 0.6 is 15.9 Å². The second-order valence-electron chi connectivity index (χ2n) is 3.82. The first-order chi connectivity index (χ1) is 8.50. The molecular formula is C13H12BrNO2S. The molecule has 0 saturated heterocycles. The highest BCUT2D eigenvalue weighted by Gasteiger charge is 2.16. The maximum absolute atomic E-state index is 12.2. The summed E-state index contributed by atoms with van der Waals surface area (Å²) in [5.41, 5.74) is 0. The summed E-state index contributed by atoms with van der Waals surface area (Å²) in [5.74, 6) is 0. The second-order valence-corrected chi connectivity index (χ2v) is 6.68. The fourth-order valence-corrected chi connectivity index (χ4v) is 3.26. The fourth-order valence-electron chi connectivity index (χ4n) is 1.68. The molecule has 18 heavy (non-hydrogen) atoms. The van der Waals surface area contributed by atoms with Gasteiger partial charge in [-0.15, -0.1) is 0 Å². The van der Waals surface area contributed by atoms with Crippen LogP contribution in [0.4, 0.5) is 0 Å². The van der Waals surface area contributed by atoms with Gasteiger partial charge in [-0.05, 0) is 11.5 Å². The summed E-state index contributed by atoms with van der Waals surface area (Å²) in [6, 6.07) is 12.6. The lowest BCUT2D eigenvalue weighted by Gasteiger charge is -2.08. The van der Waals surface area contributed by atoms with Crippen LogP contribution in [0.5, 0.6) is 0 Å². The zero-order chi connectivity index (χ0) is 13.2. The molecule has 1 N–H and O–H groups in total. The van der Waals surface area contributed by atoms with E-state index < -0.39 is 10.0 Å². The SMILES string of the molecule is C=C(Br)CNS(=O)(=O)c1cccc2ccccc12. The molecule has 0 fully saturated rings. The minimum absolute atomic E-state index is 0.172. The van der Waals surface area contributed by atoms with Crippen molar-refractivity contribution in [1.29, 1.82) is 0 Å². The minimum atomic E-state index is -3.52. The minimum Gasteiger partial charge on any atom is -0.207 e. The lowest BCUT2D eigenvalue weighted by Crippen LogP contribution is -2.24. The van der Waals surface area contributed by atoms with Gasteiger partial charge in [-0.2, -0.15) is 0 Å². The van der Waals surface area contributed by atoms with E-state index in [9.17, 15) is 8.42 Å². The number of halogens is 1. The number of nitrogens with one attached hydrogen (secondary N) is 1. The van der Waals surface area contributed by atoms with Crippen molar-refractivity contribution in [3.05, 3.63) is 53.5 Å². The molecule has 0 bridgehead atoms. The van der Waals surface area contributed by atoms with Crippen LogP contribution in [0, 0.1) is 0 Å². The van der Waals surface area contributed by atoms with Crippen LogP contribution in [-0.2, 0) is 10.0 Å². The number of fused-ring (bicyclic) bond motifs is 1. The predicted octanol–water partition coefficient (Wildman–Crippen LogP) is 3.03. The van der Waals surface area contributed by atoms with E-state index in [-0.39, 0.29) is 11.4 Å². The monoisotopic (exact) mass is 325 g/mol. The topological polar surface area (TPSA) is 46.2 Å². The van der Waals surface area contributed by atoms with Crippen molar-refractivity contribution in [1.82, 2.24) is 4.72 Å².